The second kappa shape index (κ2) is 6.12. The third-order valence-corrected chi connectivity index (χ3v) is 3.08. The quantitative estimate of drug-likeness (QED) is 0.623. The summed E-state index contributed by atoms with van der Waals surface area (Å²) in [6, 6.07) is 5.83. The lowest BCUT2D eigenvalue weighted by molar-refractivity contribution is -0.385. The molecule has 122 valence electrons. The molecule has 0 saturated carbocycles. The number of nitrogens with zero attached hydrogens (tertiary/aromatic N) is 2. The van der Waals surface area contributed by atoms with Crippen LogP contribution in [0.15, 0.2) is 36.4 Å². The molecule has 0 aliphatic heterocycles. The molecule has 2 rings (SSSR count). The summed E-state index contributed by atoms with van der Waals surface area (Å²) in [6.45, 7) is 0. The van der Waals surface area contributed by atoms with Gasteiger partial charge in [0, 0.05) is 24.3 Å². The summed E-state index contributed by atoms with van der Waals surface area (Å²) >= 11 is 0. The minimum Gasteiger partial charge on any atom is -0.478 e. The van der Waals surface area contributed by atoms with E-state index in [0.717, 1.165) is 36.4 Å². The highest BCUT2D eigenvalue weighted by Crippen LogP contribution is 2.30. The zero-order valence-corrected chi connectivity index (χ0v) is 11.7. The second-order valence-electron chi connectivity index (χ2n) is 4.66. The average Bonchev–Trinajstić information content (AvgIpc) is 2.53. The molecular formula is C14H8N2O8. The first-order valence-corrected chi connectivity index (χ1v) is 6.25. The predicted octanol–water partition coefficient (Wildman–Crippen LogP) is 2.57. The van der Waals surface area contributed by atoms with E-state index < -0.39 is 44.3 Å². The van der Waals surface area contributed by atoms with Crippen LogP contribution < -0.4 is 0 Å². The summed E-state index contributed by atoms with van der Waals surface area (Å²) in [4.78, 5) is 42.4. The van der Waals surface area contributed by atoms with Crippen LogP contribution in [0.2, 0.25) is 0 Å². The molecule has 10 heteroatoms. The van der Waals surface area contributed by atoms with E-state index in [2.05, 4.69) is 0 Å². The number of aromatic carboxylic acids is 2. The maximum Gasteiger partial charge on any atom is 0.335 e. The topological polar surface area (TPSA) is 161 Å². The molecule has 2 N–H and O–H groups in total. The van der Waals surface area contributed by atoms with Crippen molar-refractivity contribution in [3.63, 3.8) is 0 Å². The van der Waals surface area contributed by atoms with E-state index in [0.29, 0.717) is 0 Å². The molecule has 0 aliphatic carbocycles. The third kappa shape index (κ3) is 3.32. The predicted molar refractivity (Wildman–Crippen MR) is 79.1 cm³/mol. The molecule has 0 amide bonds. The summed E-state index contributed by atoms with van der Waals surface area (Å²) in [5.41, 5.74) is -1.91. The van der Waals surface area contributed by atoms with E-state index in [4.69, 9.17) is 10.2 Å². The minimum atomic E-state index is -1.43. The Morgan fingerprint density at radius 1 is 0.708 bits per heavy atom. The van der Waals surface area contributed by atoms with Crippen molar-refractivity contribution in [1.29, 1.82) is 0 Å². The first kappa shape index (κ1) is 16.5. The van der Waals surface area contributed by atoms with Gasteiger partial charge in [-0.3, -0.25) is 20.2 Å². The highest BCUT2D eigenvalue weighted by Gasteiger charge is 2.19. The number of carboxylic acid groups (broad SMARTS) is 2. The van der Waals surface area contributed by atoms with Gasteiger partial charge in [0.05, 0.1) is 21.0 Å². The second-order valence-corrected chi connectivity index (χ2v) is 4.66. The van der Waals surface area contributed by atoms with Crippen LogP contribution in [0.25, 0.3) is 11.1 Å². The van der Waals surface area contributed by atoms with E-state index in [1.54, 1.807) is 0 Å². The standard InChI is InChI=1S/C14H8N2O8/c17-13(18)9-1-7(3-11(5-9)15(21)22)8-2-10(14(19)20)6-12(4-8)16(23)24/h1-6H,(H,17,18)(H,19,20). The summed E-state index contributed by atoms with van der Waals surface area (Å²) in [7, 11) is 0. The van der Waals surface area contributed by atoms with Crippen molar-refractivity contribution in [2.45, 2.75) is 0 Å². The Kier molecular flexibility index (Phi) is 4.22. The smallest absolute Gasteiger partial charge is 0.335 e. The fourth-order valence-electron chi connectivity index (χ4n) is 2.01. The van der Waals surface area contributed by atoms with Crippen LogP contribution in [-0.2, 0) is 0 Å². The summed E-state index contributed by atoms with van der Waals surface area (Å²) < 4.78 is 0. The monoisotopic (exact) mass is 332 g/mol. The lowest BCUT2D eigenvalue weighted by Crippen LogP contribution is -2.01. The molecule has 0 aliphatic rings. The number of rotatable bonds is 5. The molecule has 0 atom stereocenters. The van der Waals surface area contributed by atoms with Crippen LogP contribution in [-0.4, -0.2) is 32.0 Å². The molecule has 24 heavy (non-hydrogen) atoms. The van der Waals surface area contributed by atoms with Gasteiger partial charge in [-0.1, -0.05) is 0 Å². The Balaban J connectivity index is 2.74. The molecule has 0 heterocycles. The molecule has 0 radical (unpaired) electrons. The van der Waals surface area contributed by atoms with Crippen molar-refractivity contribution < 1.29 is 29.6 Å². The Hall–Kier alpha value is -3.82. The molecule has 0 saturated heterocycles. The molecule has 2 aromatic carbocycles. The van der Waals surface area contributed by atoms with Gasteiger partial charge in [0.15, 0.2) is 0 Å². The first-order valence-electron chi connectivity index (χ1n) is 6.25. The van der Waals surface area contributed by atoms with Crippen LogP contribution in [0.5, 0.6) is 0 Å². The number of nitro benzene ring substituents is 2. The fourth-order valence-corrected chi connectivity index (χ4v) is 2.01. The first-order chi connectivity index (χ1) is 11.2. The molecule has 0 aromatic heterocycles. The highest BCUT2D eigenvalue weighted by atomic mass is 16.6. The normalized spacial score (nSPS) is 10.2. The third-order valence-electron chi connectivity index (χ3n) is 3.08. The summed E-state index contributed by atoms with van der Waals surface area (Å²) in [6.07, 6.45) is 0. The number of nitro groups is 2. The fraction of sp³-hybridized carbons (Fsp3) is 0. The van der Waals surface area contributed by atoms with Gasteiger partial charge in [0.1, 0.15) is 0 Å². The van der Waals surface area contributed by atoms with Crippen molar-refractivity contribution in [3.8, 4) is 11.1 Å². The molecule has 0 unspecified atom stereocenters. The summed E-state index contributed by atoms with van der Waals surface area (Å²) in [5, 5.41) is 39.9. The Bertz CT molecular complexity index is 752. The molecule has 2 aromatic rings. The van der Waals surface area contributed by atoms with Gasteiger partial charge in [-0.05, 0) is 23.3 Å². The van der Waals surface area contributed by atoms with Crippen molar-refractivity contribution >= 4 is 23.3 Å². The van der Waals surface area contributed by atoms with Crippen molar-refractivity contribution in [1.82, 2.24) is 0 Å². The Morgan fingerprint density at radius 3 is 1.29 bits per heavy atom. The van der Waals surface area contributed by atoms with Crippen LogP contribution >= 0.6 is 0 Å². The Labute approximate surface area is 132 Å². The van der Waals surface area contributed by atoms with Crippen LogP contribution in [0, 0.1) is 20.2 Å². The zero-order chi connectivity index (χ0) is 18.0. The van der Waals surface area contributed by atoms with Crippen molar-refractivity contribution in [2.75, 3.05) is 0 Å². The largest absolute Gasteiger partial charge is 0.478 e. The molecule has 0 fully saturated rings. The average molecular weight is 332 g/mol. The number of non-ortho nitro benzene ring substituents is 2. The number of benzene rings is 2. The van der Waals surface area contributed by atoms with Gasteiger partial charge in [-0.25, -0.2) is 9.59 Å². The lowest BCUT2D eigenvalue weighted by atomic mass is 9.99. The van der Waals surface area contributed by atoms with E-state index >= 15 is 0 Å². The number of hydrogen-bond acceptors (Lipinski definition) is 6. The van der Waals surface area contributed by atoms with Crippen molar-refractivity contribution in [3.05, 3.63) is 67.8 Å². The van der Waals surface area contributed by atoms with E-state index in [1.165, 1.54) is 0 Å². The van der Waals surface area contributed by atoms with Crippen molar-refractivity contribution in [2.24, 2.45) is 0 Å². The van der Waals surface area contributed by atoms with E-state index in [9.17, 15) is 29.8 Å². The number of hydrogen-bond donors (Lipinski definition) is 2. The van der Waals surface area contributed by atoms with Gasteiger partial charge in [0.25, 0.3) is 11.4 Å². The SMILES string of the molecule is O=C(O)c1cc(-c2cc(C(=O)O)cc([N+](=O)[O-])c2)cc([N+](=O)[O-])c1. The minimum absolute atomic E-state index is 0.0206. The molecule has 0 bridgehead atoms. The van der Waals surface area contributed by atoms with Gasteiger partial charge in [0.2, 0.25) is 0 Å². The molecule has 10 nitrogen and oxygen atoms in total. The maximum atomic E-state index is 11.1. The van der Waals surface area contributed by atoms with Gasteiger partial charge >= 0.3 is 11.9 Å². The Morgan fingerprint density at radius 2 is 1.04 bits per heavy atom. The van der Waals surface area contributed by atoms with Crippen LogP contribution in [0.4, 0.5) is 11.4 Å². The summed E-state index contributed by atoms with van der Waals surface area (Å²) in [5.74, 6) is -2.85. The molecule has 0 spiro atoms. The lowest BCUT2D eigenvalue weighted by Gasteiger charge is -2.06. The molecular weight excluding hydrogens is 324 g/mol. The zero-order valence-electron chi connectivity index (χ0n) is 11.7. The number of carbonyl (C=O) groups is 2. The van der Waals surface area contributed by atoms with Gasteiger partial charge in [-0.2, -0.15) is 0 Å². The van der Waals surface area contributed by atoms with E-state index in [1.807, 2.05) is 0 Å². The van der Waals surface area contributed by atoms with Crippen LogP contribution in [0.3, 0.4) is 0 Å². The van der Waals surface area contributed by atoms with Gasteiger partial charge < -0.3 is 10.2 Å². The number of carboxylic acids is 2. The van der Waals surface area contributed by atoms with Gasteiger partial charge in [-0.15, -0.1) is 0 Å². The van der Waals surface area contributed by atoms with Crippen LogP contribution in [0.1, 0.15) is 20.7 Å². The maximum absolute atomic E-state index is 11.1. The highest BCUT2D eigenvalue weighted by molar-refractivity contribution is 5.93. The van der Waals surface area contributed by atoms with E-state index in [-0.39, 0.29) is 11.1 Å².